The van der Waals surface area contributed by atoms with Gasteiger partial charge in [0, 0.05) is 24.8 Å². The molecule has 0 saturated carbocycles. The van der Waals surface area contributed by atoms with E-state index in [0.29, 0.717) is 0 Å². The first-order valence-corrected chi connectivity index (χ1v) is 8.49. The maximum Gasteiger partial charge on any atom is 0.227 e. The Labute approximate surface area is 138 Å². The number of rotatable bonds is 2. The molecule has 23 heavy (non-hydrogen) atoms. The van der Waals surface area contributed by atoms with E-state index < -0.39 is 0 Å². The third-order valence-electron chi connectivity index (χ3n) is 4.87. The average Bonchev–Trinajstić information content (AvgIpc) is 2.82. The van der Waals surface area contributed by atoms with E-state index in [1.165, 1.54) is 19.3 Å². The Bertz CT molecular complexity index is 625. The van der Waals surface area contributed by atoms with Gasteiger partial charge in [-0.3, -0.25) is 4.79 Å². The number of likely N-dealkylation sites (tertiary alicyclic amines) is 2. The van der Waals surface area contributed by atoms with Crippen molar-refractivity contribution in [2.75, 3.05) is 32.4 Å². The van der Waals surface area contributed by atoms with Gasteiger partial charge in [-0.1, -0.05) is 24.3 Å². The molecule has 0 radical (unpaired) electrons. The molecule has 1 amide bonds. The molecule has 1 aromatic carbocycles. The minimum atomic E-state index is 0.0127. The van der Waals surface area contributed by atoms with E-state index >= 15 is 0 Å². The van der Waals surface area contributed by atoms with Crippen LogP contribution in [-0.4, -0.2) is 48.4 Å². The first-order chi connectivity index (χ1) is 11.1. The van der Waals surface area contributed by atoms with Crippen LogP contribution < -0.4 is 5.73 Å². The van der Waals surface area contributed by atoms with Crippen LogP contribution in [0.4, 0.5) is 5.69 Å². The summed E-state index contributed by atoms with van der Waals surface area (Å²) in [7, 11) is 1.87. The second-order valence-electron chi connectivity index (χ2n) is 6.65. The number of nitrogens with zero attached hydrogens (tertiary/aromatic N) is 2. The highest BCUT2D eigenvalue weighted by atomic mass is 16.2. The highest BCUT2D eigenvalue weighted by molar-refractivity contribution is 5.82. The molecule has 2 N–H and O–H groups in total. The topological polar surface area (TPSA) is 49.6 Å². The van der Waals surface area contributed by atoms with Crippen molar-refractivity contribution in [2.45, 2.75) is 31.7 Å². The summed E-state index contributed by atoms with van der Waals surface area (Å²) in [5.74, 6) is 6.75. The molecule has 2 atom stereocenters. The summed E-state index contributed by atoms with van der Waals surface area (Å²) in [5.41, 5.74) is 7.41. The largest absolute Gasteiger partial charge is 0.399 e. The smallest absolute Gasteiger partial charge is 0.227 e. The SMILES string of the molecule is CN1C(=O)C(CN2CCCCC2)CC1C#Cc1cccc(N)c1. The van der Waals surface area contributed by atoms with Gasteiger partial charge in [0.25, 0.3) is 0 Å². The third kappa shape index (κ3) is 3.86. The highest BCUT2D eigenvalue weighted by Gasteiger charge is 2.37. The fourth-order valence-electron chi connectivity index (χ4n) is 3.52. The molecule has 0 aliphatic carbocycles. The van der Waals surface area contributed by atoms with E-state index in [4.69, 9.17) is 5.73 Å². The van der Waals surface area contributed by atoms with Gasteiger partial charge in [0.05, 0.1) is 12.0 Å². The van der Waals surface area contributed by atoms with Crippen molar-refractivity contribution in [3.8, 4) is 11.8 Å². The Balaban J connectivity index is 1.64. The van der Waals surface area contributed by atoms with Gasteiger partial charge >= 0.3 is 0 Å². The van der Waals surface area contributed by atoms with Crippen molar-refractivity contribution in [3.05, 3.63) is 29.8 Å². The number of benzene rings is 1. The molecule has 1 aromatic rings. The van der Waals surface area contributed by atoms with E-state index in [2.05, 4.69) is 16.7 Å². The molecule has 3 rings (SSSR count). The second-order valence-corrected chi connectivity index (χ2v) is 6.65. The average molecular weight is 311 g/mol. The number of piperidine rings is 1. The lowest BCUT2D eigenvalue weighted by Gasteiger charge is -2.28. The Morgan fingerprint density at radius 2 is 2.04 bits per heavy atom. The number of nitrogens with two attached hydrogens (primary N) is 1. The van der Waals surface area contributed by atoms with Crippen LogP contribution in [0.5, 0.6) is 0 Å². The van der Waals surface area contributed by atoms with E-state index in [0.717, 1.165) is 37.3 Å². The van der Waals surface area contributed by atoms with Gasteiger partial charge in [0.15, 0.2) is 0 Å². The van der Waals surface area contributed by atoms with Gasteiger partial charge in [-0.25, -0.2) is 0 Å². The zero-order chi connectivity index (χ0) is 16.2. The van der Waals surface area contributed by atoms with Crippen molar-refractivity contribution >= 4 is 11.6 Å². The van der Waals surface area contributed by atoms with Crippen LogP contribution >= 0.6 is 0 Å². The van der Waals surface area contributed by atoms with Crippen molar-refractivity contribution in [2.24, 2.45) is 5.92 Å². The molecule has 2 aliphatic heterocycles. The number of nitrogen functional groups attached to an aromatic ring is 1. The summed E-state index contributed by atoms with van der Waals surface area (Å²) in [6, 6.07) is 7.59. The van der Waals surface area contributed by atoms with Crippen LogP contribution in [0.1, 0.15) is 31.2 Å². The fraction of sp³-hybridized carbons (Fsp3) is 0.526. The number of hydrogen-bond donors (Lipinski definition) is 1. The number of carbonyl (C=O) groups is 1. The zero-order valence-electron chi connectivity index (χ0n) is 13.8. The van der Waals surface area contributed by atoms with E-state index in [-0.39, 0.29) is 17.9 Å². The van der Waals surface area contributed by atoms with Crippen LogP contribution in [0, 0.1) is 17.8 Å². The molecule has 4 nitrogen and oxygen atoms in total. The van der Waals surface area contributed by atoms with Crippen LogP contribution in [0.3, 0.4) is 0 Å². The minimum Gasteiger partial charge on any atom is -0.399 e. The van der Waals surface area contributed by atoms with Crippen LogP contribution in [-0.2, 0) is 4.79 Å². The number of anilines is 1. The molecular formula is C19H25N3O. The molecule has 0 spiro atoms. The van der Waals surface area contributed by atoms with Gasteiger partial charge in [0.1, 0.15) is 0 Å². The molecule has 2 aliphatic rings. The standard InChI is InChI=1S/C19H25N3O/c1-21-18(9-8-15-6-5-7-17(20)12-15)13-16(19(21)23)14-22-10-3-2-4-11-22/h5-7,12,16,18H,2-4,10-11,13-14,20H2,1H3. The number of hydrogen-bond acceptors (Lipinski definition) is 3. The fourth-order valence-corrected chi connectivity index (χ4v) is 3.52. The molecule has 4 heteroatoms. The maximum absolute atomic E-state index is 12.5. The highest BCUT2D eigenvalue weighted by Crippen LogP contribution is 2.25. The molecule has 2 heterocycles. The molecule has 122 valence electrons. The van der Waals surface area contributed by atoms with E-state index in [1.807, 2.05) is 36.2 Å². The first-order valence-electron chi connectivity index (χ1n) is 8.49. The van der Waals surface area contributed by atoms with Gasteiger partial charge in [0.2, 0.25) is 5.91 Å². The Morgan fingerprint density at radius 1 is 1.26 bits per heavy atom. The third-order valence-corrected chi connectivity index (χ3v) is 4.87. The number of amides is 1. The quantitative estimate of drug-likeness (QED) is 0.671. The monoisotopic (exact) mass is 311 g/mol. The molecule has 0 bridgehead atoms. The molecular weight excluding hydrogens is 286 g/mol. The van der Waals surface area contributed by atoms with Crippen LogP contribution in [0.15, 0.2) is 24.3 Å². The van der Waals surface area contributed by atoms with E-state index in [9.17, 15) is 4.79 Å². The summed E-state index contributed by atoms with van der Waals surface area (Å²) in [6.45, 7) is 3.15. The van der Waals surface area contributed by atoms with Crippen molar-refractivity contribution < 1.29 is 4.79 Å². The number of carbonyl (C=O) groups excluding carboxylic acids is 1. The predicted molar refractivity (Wildman–Crippen MR) is 92.7 cm³/mol. The second kappa shape index (κ2) is 7.06. The van der Waals surface area contributed by atoms with Crippen molar-refractivity contribution in [1.82, 2.24) is 9.80 Å². The lowest BCUT2D eigenvalue weighted by atomic mass is 10.0. The summed E-state index contributed by atoms with van der Waals surface area (Å²) in [4.78, 5) is 16.7. The summed E-state index contributed by atoms with van der Waals surface area (Å²) >= 11 is 0. The molecule has 2 saturated heterocycles. The Kier molecular flexibility index (Phi) is 4.88. The predicted octanol–water partition coefficient (Wildman–Crippen LogP) is 1.95. The first kappa shape index (κ1) is 15.9. The van der Waals surface area contributed by atoms with Crippen LogP contribution in [0.25, 0.3) is 0 Å². The normalized spacial score (nSPS) is 25.3. The lowest BCUT2D eigenvalue weighted by Crippen LogP contribution is -2.37. The molecule has 0 aromatic heterocycles. The van der Waals surface area contributed by atoms with Crippen LogP contribution in [0.2, 0.25) is 0 Å². The van der Waals surface area contributed by atoms with Gasteiger partial charge in [-0.2, -0.15) is 0 Å². The van der Waals surface area contributed by atoms with Crippen molar-refractivity contribution in [1.29, 1.82) is 0 Å². The minimum absolute atomic E-state index is 0.0127. The molecule has 2 unspecified atom stereocenters. The van der Waals surface area contributed by atoms with E-state index in [1.54, 1.807) is 0 Å². The zero-order valence-corrected chi connectivity index (χ0v) is 13.8. The van der Waals surface area contributed by atoms with Gasteiger partial charge in [-0.05, 0) is 50.6 Å². The summed E-state index contributed by atoms with van der Waals surface area (Å²) < 4.78 is 0. The van der Waals surface area contributed by atoms with Crippen molar-refractivity contribution in [3.63, 3.8) is 0 Å². The lowest BCUT2D eigenvalue weighted by molar-refractivity contribution is -0.130. The Morgan fingerprint density at radius 3 is 2.78 bits per heavy atom. The maximum atomic E-state index is 12.5. The molecule has 2 fully saturated rings. The van der Waals surface area contributed by atoms with Gasteiger partial charge in [-0.15, -0.1) is 0 Å². The van der Waals surface area contributed by atoms with Gasteiger partial charge < -0.3 is 15.5 Å². The summed E-state index contributed by atoms with van der Waals surface area (Å²) in [6.07, 6.45) is 4.68. The Hall–Kier alpha value is -1.99. The summed E-state index contributed by atoms with van der Waals surface area (Å²) in [5, 5.41) is 0.